The molecule has 0 fully saturated rings. The fourth-order valence-corrected chi connectivity index (χ4v) is 3.70. The molecule has 1 aromatic heterocycles. The number of benzene rings is 2. The number of carbonyl (C=O) groups is 3. The second-order valence-electron chi connectivity index (χ2n) is 6.49. The summed E-state index contributed by atoms with van der Waals surface area (Å²) in [6.45, 7) is 3.54. The summed E-state index contributed by atoms with van der Waals surface area (Å²) < 4.78 is 0. The maximum absolute atomic E-state index is 12.2. The van der Waals surface area contributed by atoms with Crippen LogP contribution in [0.2, 0.25) is 0 Å². The number of aryl methyl sites for hydroxylation is 1. The molecule has 3 aromatic rings. The topological polar surface area (TPSA) is 88.2 Å². The van der Waals surface area contributed by atoms with Gasteiger partial charge in [-0.15, -0.1) is 0 Å². The summed E-state index contributed by atoms with van der Waals surface area (Å²) in [5.74, 6) is -0.596. The summed E-state index contributed by atoms with van der Waals surface area (Å²) in [6.07, 6.45) is 0.104. The SMILES string of the molecule is CC(=O)c1sc(NC(=O)CCNC(=O)c2ccccc2C)nc1-c1ccccc1. The summed E-state index contributed by atoms with van der Waals surface area (Å²) in [4.78, 5) is 41.3. The number of nitrogens with one attached hydrogen (secondary N) is 2. The minimum atomic E-state index is -0.279. The van der Waals surface area contributed by atoms with Crippen LogP contribution in [0.25, 0.3) is 11.3 Å². The average Bonchev–Trinajstić information content (AvgIpc) is 3.13. The van der Waals surface area contributed by atoms with E-state index in [-0.39, 0.29) is 30.6 Å². The number of Topliss-reactive ketones (excluding diaryl/α,β-unsaturated/α-hetero) is 1. The van der Waals surface area contributed by atoms with Gasteiger partial charge in [-0.1, -0.05) is 59.9 Å². The van der Waals surface area contributed by atoms with Crippen molar-refractivity contribution in [3.8, 4) is 11.3 Å². The Morgan fingerprint density at radius 1 is 1.00 bits per heavy atom. The zero-order chi connectivity index (χ0) is 20.8. The molecule has 0 unspecified atom stereocenters. The van der Waals surface area contributed by atoms with E-state index in [0.29, 0.717) is 21.3 Å². The molecule has 7 heteroatoms. The monoisotopic (exact) mass is 407 g/mol. The molecule has 0 saturated heterocycles. The van der Waals surface area contributed by atoms with Crippen molar-refractivity contribution in [3.05, 3.63) is 70.6 Å². The first-order chi connectivity index (χ1) is 14.0. The lowest BCUT2D eigenvalue weighted by Crippen LogP contribution is -2.28. The van der Waals surface area contributed by atoms with E-state index in [1.807, 2.05) is 49.4 Å². The van der Waals surface area contributed by atoms with E-state index in [0.717, 1.165) is 22.5 Å². The number of thiazole rings is 1. The molecule has 0 bridgehead atoms. The van der Waals surface area contributed by atoms with Gasteiger partial charge in [0.15, 0.2) is 10.9 Å². The highest BCUT2D eigenvalue weighted by Gasteiger charge is 2.18. The Bertz CT molecular complexity index is 1040. The lowest BCUT2D eigenvalue weighted by atomic mass is 10.1. The van der Waals surface area contributed by atoms with Crippen molar-refractivity contribution in [1.29, 1.82) is 0 Å². The number of hydrogen-bond acceptors (Lipinski definition) is 5. The minimum Gasteiger partial charge on any atom is -0.352 e. The summed E-state index contributed by atoms with van der Waals surface area (Å²) >= 11 is 1.15. The van der Waals surface area contributed by atoms with Crippen molar-refractivity contribution in [1.82, 2.24) is 10.3 Å². The first-order valence-electron chi connectivity index (χ1n) is 9.16. The highest BCUT2D eigenvalue weighted by Crippen LogP contribution is 2.31. The molecule has 0 spiro atoms. The number of hydrogen-bond donors (Lipinski definition) is 2. The van der Waals surface area contributed by atoms with Crippen LogP contribution in [0.5, 0.6) is 0 Å². The van der Waals surface area contributed by atoms with E-state index >= 15 is 0 Å². The molecule has 3 rings (SSSR count). The Morgan fingerprint density at radius 2 is 1.69 bits per heavy atom. The second kappa shape index (κ2) is 9.25. The van der Waals surface area contributed by atoms with E-state index in [1.54, 1.807) is 12.1 Å². The van der Waals surface area contributed by atoms with Gasteiger partial charge in [-0.2, -0.15) is 0 Å². The van der Waals surface area contributed by atoms with Gasteiger partial charge in [-0.25, -0.2) is 4.98 Å². The fraction of sp³-hybridized carbons (Fsp3) is 0.182. The van der Waals surface area contributed by atoms with Gasteiger partial charge < -0.3 is 10.6 Å². The number of nitrogens with zero attached hydrogens (tertiary/aromatic N) is 1. The molecule has 2 amide bonds. The molecule has 148 valence electrons. The van der Waals surface area contributed by atoms with Crippen molar-refractivity contribution in [2.24, 2.45) is 0 Å². The fourth-order valence-electron chi connectivity index (χ4n) is 2.80. The van der Waals surface area contributed by atoms with E-state index in [1.165, 1.54) is 6.92 Å². The highest BCUT2D eigenvalue weighted by atomic mass is 32.1. The van der Waals surface area contributed by atoms with Crippen LogP contribution < -0.4 is 10.6 Å². The van der Waals surface area contributed by atoms with Crippen LogP contribution in [0.1, 0.15) is 38.9 Å². The third kappa shape index (κ3) is 5.14. The first kappa shape index (κ1) is 20.4. The number of rotatable bonds is 7. The van der Waals surface area contributed by atoms with E-state index in [9.17, 15) is 14.4 Å². The lowest BCUT2D eigenvalue weighted by Gasteiger charge is -2.07. The molecule has 1 heterocycles. The maximum Gasteiger partial charge on any atom is 0.251 e. The molecule has 2 aromatic carbocycles. The van der Waals surface area contributed by atoms with Crippen LogP contribution >= 0.6 is 11.3 Å². The maximum atomic E-state index is 12.2. The third-order valence-electron chi connectivity index (χ3n) is 4.27. The van der Waals surface area contributed by atoms with Gasteiger partial charge in [-0.05, 0) is 18.6 Å². The van der Waals surface area contributed by atoms with Crippen molar-refractivity contribution in [3.63, 3.8) is 0 Å². The molecule has 0 aliphatic rings. The van der Waals surface area contributed by atoms with Gasteiger partial charge in [0.1, 0.15) is 0 Å². The molecule has 29 heavy (non-hydrogen) atoms. The normalized spacial score (nSPS) is 10.4. The quantitative estimate of drug-likeness (QED) is 0.578. The van der Waals surface area contributed by atoms with Crippen molar-refractivity contribution < 1.29 is 14.4 Å². The number of carbonyl (C=O) groups excluding carboxylic acids is 3. The summed E-state index contributed by atoms with van der Waals surface area (Å²) in [5.41, 5.74) is 2.85. The van der Waals surface area contributed by atoms with Crippen molar-refractivity contribution >= 4 is 34.1 Å². The zero-order valence-electron chi connectivity index (χ0n) is 16.2. The lowest BCUT2D eigenvalue weighted by molar-refractivity contribution is -0.116. The van der Waals surface area contributed by atoms with Gasteiger partial charge >= 0.3 is 0 Å². The predicted octanol–water partition coefficient (Wildman–Crippen LogP) is 4.08. The zero-order valence-corrected chi connectivity index (χ0v) is 17.0. The molecule has 0 aliphatic heterocycles. The van der Waals surface area contributed by atoms with Gasteiger partial charge in [0.25, 0.3) is 5.91 Å². The molecule has 0 atom stereocenters. The van der Waals surface area contributed by atoms with Gasteiger partial charge in [-0.3, -0.25) is 14.4 Å². The Morgan fingerprint density at radius 3 is 2.38 bits per heavy atom. The minimum absolute atomic E-state index is 0.104. The Labute approximate surface area is 173 Å². The van der Waals surface area contributed by atoms with Crippen LogP contribution in [0.15, 0.2) is 54.6 Å². The van der Waals surface area contributed by atoms with Crippen LogP contribution in [0, 0.1) is 6.92 Å². The molecule has 0 saturated carbocycles. The molecule has 2 N–H and O–H groups in total. The number of aromatic nitrogens is 1. The largest absolute Gasteiger partial charge is 0.352 e. The van der Waals surface area contributed by atoms with E-state index in [2.05, 4.69) is 15.6 Å². The third-order valence-corrected chi connectivity index (χ3v) is 5.34. The van der Waals surface area contributed by atoms with Gasteiger partial charge in [0, 0.05) is 31.0 Å². The Hall–Kier alpha value is -3.32. The van der Waals surface area contributed by atoms with Crippen LogP contribution in [-0.4, -0.2) is 29.1 Å². The highest BCUT2D eigenvalue weighted by molar-refractivity contribution is 7.18. The van der Waals surface area contributed by atoms with Crippen molar-refractivity contribution in [2.45, 2.75) is 20.3 Å². The number of anilines is 1. The molecule has 0 aliphatic carbocycles. The van der Waals surface area contributed by atoms with Crippen molar-refractivity contribution in [2.75, 3.05) is 11.9 Å². The Balaban J connectivity index is 1.60. The molecule has 0 radical (unpaired) electrons. The van der Waals surface area contributed by atoms with Gasteiger partial charge in [0.2, 0.25) is 5.91 Å². The standard InChI is InChI=1S/C22H21N3O3S/c1-14-8-6-7-11-17(14)21(28)23-13-12-18(27)24-22-25-19(20(29-22)15(2)26)16-9-4-3-5-10-16/h3-11H,12-13H2,1-2H3,(H,23,28)(H,24,25,27). The average molecular weight is 407 g/mol. The first-order valence-corrected chi connectivity index (χ1v) is 9.98. The number of ketones is 1. The van der Waals surface area contributed by atoms with Gasteiger partial charge in [0.05, 0.1) is 10.6 Å². The van der Waals surface area contributed by atoms with E-state index in [4.69, 9.17) is 0 Å². The Kier molecular flexibility index (Phi) is 6.51. The summed E-state index contributed by atoms with van der Waals surface area (Å²) in [5, 5.41) is 5.83. The smallest absolute Gasteiger partial charge is 0.251 e. The van der Waals surface area contributed by atoms with Crippen LogP contribution in [-0.2, 0) is 4.79 Å². The predicted molar refractivity (Wildman–Crippen MR) is 114 cm³/mol. The van der Waals surface area contributed by atoms with Crippen LogP contribution in [0.4, 0.5) is 5.13 Å². The molecular weight excluding hydrogens is 386 g/mol. The van der Waals surface area contributed by atoms with E-state index < -0.39 is 0 Å². The van der Waals surface area contributed by atoms with Crippen LogP contribution in [0.3, 0.4) is 0 Å². The molecule has 6 nitrogen and oxygen atoms in total. The summed E-state index contributed by atoms with van der Waals surface area (Å²) in [6, 6.07) is 16.6. The second-order valence-corrected chi connectivity index (χ2v) is 7.49. The molecular formula is C22H21N3O3S. The number of amides is 2. The summed E-state index contributed by atoms with van der Waals surface area (Å²) in [7, 11) is 0.